The zero-order chi connectivity index (χ0) is 12.1. The van der Waals surface area contributed by atoms with Gasteiger partial charge in [-0.05, 0) is 48.1 Å². The number of nitro groups is 1. The first-order valence-electron chi connectivity index (χ1n) is 5.29. The van der Waals surface area contributed by atoms with E-state index in [0.717, 1.165) is 25.2 Å². The highest BCUT2D eigenvalue weighted by Gasteiger charge is 2.13. The Morgan fingerprint density at radius 2 is 2.12 bits per heavy atom. The number of anilines is 1. The molecule has 0 saturated carbocycles. The van der Waals surface area contributed by atoms with Gasteiger partial charge in [0.15, 0.2) is 0 Å². The molecule has 0 fully saturated rings. The van der Waals surface area contributed by atoms with Crippen molar-refractivity contribution in [2.75, 3.05) is 18.0 Å². The third kappa shape index (κ3) is 3.07. The summed E-state index contributed by atoms with van der Waals surface area (Å²) in [5.41, 5.74) is 1.23. The molecule has 0 aliphatic carbocycles. The van der Waals surface area contributed by atoms with Crippen molar-refractivity contribution in [3.05, 3.63) is 31.9 Å². The summed E-state index contributed by atoms with van der Waals surface area (Å²) < 4.78 is 0.689. The van der Waals surface area contributed by atoms with Crippen molar-refractivity contribution < 1.29 is 4.92 Å². The summed E-state index contributed by atoms with van der Waals surface area (Å²) in [7, 11) is 0. The summed E-state index contributed by atoms with van der Waals surface area (Å²) in [6.45, 7) is 6.11. The van der Waals surface area contributed by atoms with E-state index in [1.807, 2.05) is 34.7 Å². The Kier molecular flexibility index (Phi) is 4.98. The second-order valence-electron chi connectivity index (χ2n) is 3.47. The maximum atomic E-state index is 10.7. The molecule has 0 aliphatic heterocycles. The Morgan fingerprint density at radius 1 is 1.44 bits per heavy atom. The Balaban J connectivity index is 2.99. The number of nitro benzene ring substituents is 1. The highest BCUT2D eigenvalue weighted by molar-refractivity contribution is 14.1. The molecule has 0 saturated heterocycles. The van der Waals surface area contributed by atoms with E-state index in [-0.39, 0.29) is 10.6 Å². The van der Waals surface area contributed by atoms with Crippen molar-refractivity contribution in [2.45, 2.75) is 20.3 Å². The molecule has 0 spiro atoms. The van der Waals surface area contributed by atoms with Gasteiger partial charge < -0.3 is 4.90 Å². The van der Waals surface area contributed by atoms with E-state index < -0.39 is 0 Å². The summed E-state index contributed by atoms with van der Waals surface area (Å²) in [6.07, 6.45) is 1.07. The van der Waals surface area contributed by atoms with E-state index >= 15 is 0 Å². The number of halogens is 1. The second-order valence-corrected chi connectivity index (χ2v) is 4.63. The highest BCUT2D eigenvalue weighted by Crippen LogP contribution is 2.26. The summed E-state index contributed by atoms with van der Waals surface area (Å²) in [4.78, 5) is 12.6. The van der Waals surface area contributed by atoms with Gasteiger partial charge in [0.2, 0.25) is 0 Å². The summed E-state index contributed by atoms with van der Waals surface area (Å²) in [5, 5.41) is 10.7. The van der Waals surface area contributed by atoms with Gasteiger partial charge >= 0.3 is 0 Å². The fraction of sp³-hybridized carbons (Fsp3) is 0.455. The smallest absolute Gasteiger partial charge is 0.282 e. The van der Waals surface area contributed by atoms with Crippen LogP contribution in [0.25, 0.3) is 0 Å². The predicted molar refractivity (Wildman–Crippen MR) is 74.0 cm³/mol. The van der Waals surface area contributed by atoms with Crippen molar-refractivity contribution in [3.8, 4) is 0 Å². The summed E-state index contributed by atoms with van der Waals surface area (Å²) in [6, 6.07) is 5.27. The first kappa shape index (κ1) is 13.2. The molecule has 1 rings (SSSR count). The fourth-order valence-electron chi connectivity index (χ4n) is 1.58. The minimum Gasteiger partial charge on any atom is -0.372 e. The van der Waals surface area contributed by atoms with Crippen LogP contribution in [-0.4, -0.2) is 18.0 Å². The number of benzene rings is 1. The molecular weight excluding hydrogens is 319 g/mol. The molecule has 0 aliphatic rings. The molecule has 5 heteroatoms. The molecule has 0 heterocycles. The number of hydrogen-bond donors (Lipinski definition) is 0. The molecule has 0 unspecified atom stereocenters. The van der Waals surface area contributed by atoms with Crippen molar-refractivity contribution >= 4 is 34.0 Å². The van der Waals surface area contributed by atoms with E-state index in [1.54, 1.807) is 6.07 Å². The zero-order valence-corrected chi connectivity index (χ0v) is 11.6. The lowest BCUT2D eigenvalue weighted by molar-refractivity contribution is -0.385. The van der Waals surface area contributed by atoms with E-state index in [0.29, 0.717) is 3.57 Å². The van der Waals surface area contributed by atoms with Crippen LogP contribution in [0.4, 0.5) is 11.4 Å². The molecule has 16 heavy (non-hydrogen) atoms. The maximum Gasteiger partial charge on any atom is 0.282 e. The molecule has 0 atom stereocenters. The van der Waals surface area contributed by atoms with Gasteiger partial charge in [-0.15, -0.1) is 0 Å². The molecule has 0 N–H and O–H groups in total. The maximum absolute atomic E-state index is 10.7. The molecule has 1 aromatic rings. The molecular formula is C11H15IN2O2. The summed E-state index contributed by atoms with van der Waals surface area (Å²) >= 11 is 2.01. The average molecular weight is 334 g/mol. The summed E-state index contributed by atoms with van der Waals surface area (Å²) in [5.74, 6) is 0. The van der Waals surface area contributed by atoms with Gasteiger partial charge in [-0.2, -0.15) is 0 Å². The van der Waals surface area contributed by atoms with Gasteiger partial charge in [0.25, 0.3) is 5.69 Å². The Labute approximate surface area is 109 Å². The van der Waals surface area contributed by atoms with E-state index in [9.17, 15) is 10.1 Å². The molecule has 88 valence electrons. The predicted octanol–water partition coefficient (Wildman–Crippen LogP) is 3.44. The number of nitrogens with zero attached hydrogens (tertiary/aromatic N) is 2. The van der Waals surface area contributed by atoms with Crippen LogP contribution < -0.4 is 4.90 Å². The molecule has 0 radical (unpaired) electrons. The van der Waals surface area contributed by atoms with Gasteiger partial charge in [-0.1, -0.05) is 6.92 Å². The van der Waals surface area contributed by atoms with Crippen LogP contribution in [0.15, 0.2) is 18.2 Å². The third-order valence-corrected chi connectivity index (χ3v) is 3.23. The van der Waals surface area contributed by atoms with Crippen LogP contribution in [0.3, 0.4) is 0 Å². The average Bonchev–Trinajstić information content (AvgIpc) is 2.25. The topological polar surface area (TPSA) is 46.4 Å². The van der Waals surface area contributed by atoms with E-state index in [4.69, 9.17) is 0 Å². The Hall–Kier alpha value is -0.850. The second kappa shape index (κ2) is 6.03. The lowest BCUT2D eigenvalue weighted by atomic mass is 10.2. The number of rotatable bonds is 5. The van der Waals surface area contributed by atoms with Gasteiger partial charge in [0.1, 0.15) is 0 Å². The van der Waals surface area contributed by atoms with Gasteiger partial charge in [0, 0.05) is 24.8 Å². The van der Waals surface area contributed by atoms with Crippen LogP contribution in [0.1, 0.15) is 20.3 Å². The Morgan fingerprint density at radius 3 is 2.56 bits per heavy atom. The van der Waals surface area contributed by atoms with Crippen LogP contribution in [0, 0.1) is 13.7 Å². The van der Waals surface area contributed by atoms with Gasteiger partial charge in [0.05, 0.1) is 8.49 Å². The van der Waals surface area contributed by atoms with E-state index in [2.05, 4.69) is 18.7 Å². The van der Waals surface area contributed by atoms with Crippen molar-refractivity contribution in [2.24, 2.45) is 0 Å². The third-order valence-electron chi connectivity index (χ3n) is 2.37. The lowest BCUT2D eigenvalue weighted by Gasteiger charge is -2.22. The molecule has 4 nitrogen and oxygen atoms in total. The first-order chi connectivity index (χ1) is 7.60. The zero-order valence-electron chi connectivity index (χ0n) is 9.44. The monoisotopic (exact) mass is 334 g/mol. The standard InChI is InChI=1S/C11H15IN2O2/c1-3-7-13(4-2)9-5-6-11(14(15)16)10(12)8-9/h5-6,8H,3-4,7H2,1-2H3. The van der Waals surface area contributed by atoms with Crippen LogP contribution in [-0.2, 0) is 0 Å². The van der Waals surface area contributed by atoms with Gasteiger partial charge in [-0.25, -0.2) is 0 Å². The largest absolute Gasteiger partial charge is 0.372 e. The van der Waals surface area contributed by atoms with E-state index in [1.165, 1.54) is 0 Å². The van der Waals surface area contributed by atoms with Gasteiger partial charge in [-0.3, -0.25) is 10.1 Å². The van der Waals surface area contributed by atoms with Crippen LogP contribution in [0.2, 0.25) is 0 Å². The highest BCUT2D eigenvalue weighted by atomic mass is 127. The van der Waals surface area contributed by atoms with Crippen molar-refractivity contribution in [1.29, 1.82) is 0 Å². The molecule has 1 aromatic carbocycles. The lowest BCUT2D eigenvalue weighted by Crippen LogP contribution is -2.23. The molecule has 0 aromatic heterocycles. The quantitative estimate of drug-likeness (QED) is 0.471. The fourth-order valence-corrected chi connectivity index (χ4v) is 2.28. The molecule has 0 bridgehead atoms. The minimum atomic E-state index is -0.346. The number of hydrogen-bond acceptors (Lipinski definition) is 3. The first-order valence-corrected chi connectivity index (χ1v) is 6.36. The SMILES string of the molecule is CCCN(CC)c1ccc([N+](=O)[O-])c(I)c1. The van der Waals surface area contributed by atoms with Crippen molar-refractivity contribution in [1.82, 2.24) is 0 Å². The van der Waals surface area contributed by atoms with Crippen LogP contribution >= 0.6 is 22.6 Å². The molecule has 0 amide bonds. The van der Waals surface area contributed by atoms with Crippen molar-refractivity contribution in [3.63, 3.8) is 0 Å². The van der Waals surface area contributed by atoms with Crippen LogP contribution in [0.5, 0.6) is 0 Å². The Bertz CT molecular complexity index is 382. The normalized spacial score (nSPS) is 10.2. The minimum absolute atomic E-state index is 0.178.